The van der Waals surface area contributed by atoms with Crippen LogP contribution in [0, 0.1) is 17.8 Å². The monoisotopic (exact) mass is 752 g/mol. The zero-order valence-corrected chi connectivity index (χ0v) is 33.0. The second-order valence-electron chi connectivity index (χ2n) is 15.7. The van der Waals surface area contributed by atoms with E-state index in [-0.39, 0.29) is 37.3 Å². The number of carbonyl (C=O) groups excluding carboxylic acids is 4. The molecule has 300 valence electrons. The summed E-state index contributed by atoms with van der Waals surface area (Å²) in [6.07, 6.45) is 1.24. The number of amides is 1. The molecule has 14 nitrogen and oxygen atoms in total. The van der Waals surface area contributed by atoms with E-state index in [0.29, 0.717) is 32.4 Å². The number of aliphatic hydroxyl groups is 1. The van der Waals surface area contributed by atoms with Gasteiger partial charge in [-0.25, -0.2) is 19.0 Å². The van der Waals surface area contributed by atoms with Crippen molar-refractivity contribution < 1.29 is 52.4 Å². The Labute approximate surface area is 312 Å². The van der Waals surface area contributed by atoms with Crippen molar-refractivity contribution in [2.45, 2.75) is 161 Å². The summed E-state index contributed by atoms with van der Waals surface area (Å²) in [5.41, 5.74) is -6.15. The lowest BCUT2D eigenvalue weighted by atomic mass is 9.73. The highest BCUT2D eigenvalue weighted by Gasteiger charge is 2.61. The number of aryl methyl sites for hydroxylation is 1. The van der Waals surface area contributed by atoms with Gasteiger partial charge in [-0.05, 0) is 66.3 Å². The molecule has 4 heterocycles. The van der Waals surface area contributed by atoms with Gasteiger partial charge < -0.3 is 43.6 Å². The van der Waals surface area contributed by atoms with Crippen LogP contribution in [0.5, 0.6) is 0 Å². The van der Waals surface area contributed by atoms with Crippen LogP contribution in [-0.4, -0.2) is 123 Å². The Bertz CT molecular complexity index is 1430. The number of carbonyl (C=O) groups is 4. The van der Waals surface area contributed by atoms with Gasteiger partial charge in [0, 0.05) is 56.4 Å². The average molecular weight is 753 g/mol. The number of fused-ring (bicyclic) bond motifs is 1. The molecule has 4 rings (SSSR count). The Balaban J connectivity index is 1.75. The van der Waals surface area contributed by atoms with Crippen LogP contribution in [-0.2, 0) is 44.6 Å². The number of aromatic nitrogens is 2. The predicted molar refractivity (Wildman–Crippen MR) is 191 cm³/mol. The molecule has 3 aliphatic rings. The molecular weight excluding hydrogens is 691 g/mol. The lowest BCUT2D eigenvalue weighted by Crippen LogP contribution is -2.62. The summed E-state index contributed by atoms with van der Waals surface area (Å²) in [6, 6.07) is -1.28. The molecule has 0 spiro atoms. The van der Waals surface area contributed by atoms with Crippen molar-refractivity contribution in [1.82, 2.24) is 19.8 Å². The SMILES string of the molecule is CCN[C@H]1C[C@@H](C)O[C@@H](O[C@@H]2[C@H](C)C(=O)[C@](C)(F)C(=O)O[C@H](CC)[C@@]3(C)OC(=O)N(CCCCn4ccnc4)C3[C@@H](C)C(=O)[C@H](C)C[C@@]2(C)OC)[C@H]1O. The van der Waals surface area contributed by atoms with Gasteiger partial charge in [0.1, 0.15) is 18.0 Å². The number of hydrogen-bond acceptors (Lipinski definition) is 12. The first-order valence-electron chi connectivity index (χ1n) is 19.1. The number of hydrogen-bond donors (Lipinski definition) is 2. The third-order valence-electron chi connectivity index (χ3n) is 11.6. The van der Waals surface area contributed by atoms with Crippen LogP contribution in [0.4, 0.5) is 9.18 Å². The number of cyclic esters (lactones) is 1. The number of Topliss-reactive ketones (excluding diaryl/α,β-unsaturated/α-hetero) is 2. The molecule has 2 N–H and O–H groups in total. The smallest absolute Gasteiger partial charge is 0.410 e. The largest absolute Gasteiger partial charge is 0.455 e. The van der Waals surface area contributed by atoms with E-state index in [1.807, 2.05) is 24.6 Å². The molecule has 0 radical (unpaired) electrons. The first-order valence-corrected chi connectivity index (χ1v) is 19.1. The highest BCUT2D eigenvalue weighted by molar-refractivity contribution is 6.08. The molecule has 0 bridgehead atoms. The third kappa shape index (κ3) is 8.79. The van der Waals surface area contributed by atoms with Crippen molar-refractivity contribution in [2.75, 3.05) is 20.2 Å². The third-order valence-corrected chi connectivity index (χ3v) is 11.6. The lowest BCUT2D eigenvalue weighted by Gasteiger charge is -2.46. The molecule has 13 atom stereocenters. The van der Waals surface area contributed by atoms with E-state index in [1.54, 1.807) is 47.1 Å². The van der Waals surface area contributed by atoms with E-state index in [9.17, 15) is 24.3 Å². The molecule has 1 aromatic rings. The van der Waals surface area contributed by atoms with Gasteiger partial charge in [0.2, 0.25) is 0 Å². The standard InChI is InChI=1S/C38H61FN4O10/c1-11-27-38(9)30(43(35(48)53-38)17-14-13-16-42-18-15-40-21-42)24(5)28(44)22(3)20-36(7,49-10)32(25(6)31(46)37(8,39)34(47)51-27)52-33-29(45)26(41-12-2)19-23(4)50-33/h15,18,21-27,29-30,32-33,41,45H,11-14,16-17,19-20H2,1-10H3/t22-,23-,24+,25-,26+,27-,29+,30?,32-,33+,36-,37+,38-/m1/s1. The number of aliphatic hydroxyl groups excluding tert-OH is 1. The van der Waals surface area contributed by atoms with Gasteiger partial charge in [-0.1, -0.05) is 34.6 Å². The van der Waals surface area contributed by atoms with Crippen LogP contribution in [0.1, 0.15) is 94.4 Å². The van der Waals surface area contributed by atoms with E-state index in [4.69, 9.17) is 23.7 Å². The fraction of sp³-hybridized carbons (Fsp3) is 0.816. The molecular formula is C38H61FN4O10. The number of alkyl halides is 1. The molecule has 0 aromatic carbocycles. The predicted octanol–water partition coefficient (Wildman–Crippen LogP) is 4.01. The van der Waals surface area contributed by atoms with Gasteiger partial charge in [-0.2, -0.15) is 0 Å². The number of nitrogens with zero attached hydrogens (tertiary/aromatic N) is 3. The first kappa shape index (κ1) is 42.8. The van der Waals surface area contributed by atoms with E-state index in [1.165, 1.54) is 18.9 Å². The quantitative estimate of drug-likeness (QED) is 0.190. The second-order valence-corrected chi connectivity index (χ2v) is 15.7. The minimum atomic E-state index is -3.16. The molecule has 1 aromatic heterocycles. The maximum atomic E-state index is 16.8. The van der Waals surface area contributed by atoms with Crippen LogP contribution < -0.4 is 5.32 Å². The highest BCUT2D eigenvalue weighted by Crippen LogP contribution is 2.43. The minimum Gasteiger partial charge on any atom is -0.455 e. The van der Waals surface area contributed by atoms with Crippen molar-refractivity contribution in [1.29, 1.82) is 0 Å². The summed E-state index contributed by atoms with van der Waals surface area (Å²) in [7, 11) is 1.40. The average Bonchev–Trinajstić information content (AvgIpc) is 3.72. The summed E-state index contributed by atoms with van der Waals surface area (Å²) in [4.78, 5) is 61.7. The van der Waals surface area contributed by atoms with Crippen molar-refractivity contribution in [3.63, 3.8) is 0 Å². The van der Waals surface area contributed by atoms with Gasteiger partial charge in [0.05, 0.1) is 30.2 Å². The maximum absolute atomic E-state index is 16.8. The van der Waals surface area contributed by atoms with E-state index in [0.717, 1.165) is 6.92 Å². The van der Waals surface area contributed by atoms with Crippen molar-refractivity contribution in [3.05, 3.63) is 18.7 Å². The number of likely N-dealkylation sites (N-methyl/N-ethyl adjacent to an activating group) is 1. The highest BCUT2D eigenvalue weighted by atomic mass is 19.1. The Hall–Kier alpha value is -2.98. The molecule has 0 aliphatic carbocycles. The number of methoxy groups -OCH3 is 1. The number of rotatable bonds is 11. The lowest BCUT2D eigenvalue weighted by molar-refractivity contribution is -0.290. The number of imidazole rings is 1. The van der Waals surface area contributed by atoms with Crippen LogP contribution in [0.3, 0.4) is 0 Å². The van der Waals surface area contributed by atoms with Gasteiger partial charge in [0.15, 0.2) is 17.7 Å². The summed E-state index contributed by atoms with van der Waals surface area (Å²) >= 11 is 0. The Morgan fingerprint density at radius 3 is 2.34 bits per heavy atom. The number of halogens is 1. The summed E-state index contributed by atoms with van der Waals surface area (Å²) in [5.74, 6) is -5.70. The van der Waals surface area contributed by atoms with Crippen LogP contribution >= 0.6 is 0 Å². The van der Waals surface area contributed by atoms with E-state index >= 15 is 4.39 Å². The summed E-state index contributed by atoms with van der Waals surface area (Å²) in [6.45, 7) is 15.9. The normalized spacial score (nSPS) is 40.4. The zero-order valence-electron chi connectivity index (χ0n) is 33.0. The Kier molecular flexibility index (Phi) is 13.9. The van der Waals surface area contributed by atoms with Crippen LogP contribution in [0.2, 0.25) is 0 Å². The number of esters is 1. The number of nitrogens with one attached hydrogen (secondary N) is 1. The molecule has 0 saturated carbocycles. The fourth-order valence-corrected chi connectivity index (χ4v) is 8.68. The van der Waals surface area contributed by atoms with E-state index < -0.39 is 83.1 Å². The number of ketones is 2. The maximum Gasteiger partial charge on any atom is 0.410 e. The number of ether oxygens (including phenoxy) is 5. The van der Waals surface area contributed by atoms with Crippen LogP contribution in [0.15, 0.2) is 18.7 Å². The van der Waals surface area contributed by atoms with Crippen molar-refractivity contribution in [3.8, 4) is 0 Å². The molecule has 15 heteroatoms. The molecule has 1 unspecified atom stereocenters. The first-order chi connectivity index (χ1) is 24.9. The minimum absolute atomic E-state index is 0.0117. The molecule has 53 heavy (non-hydrogen) atoms. The Morgan fingerprint density at radius 2 is 1.74 bits per heavy atom. The topological polar surface area (TPSA) is 168 Å². The Morgan fingerprint density at radius 1 is 1.06 bits per heavy atom. The molecule has 3 saturated heterocycles. The van der Waals surface area contributed by atoms with Gasteiger partial charge in [-0.15, -0.1) is 0 Å². The summed E-state index contributed by atoms with van der Waals surface area (Å²) in [5, 5.41) is 14.5. The number of unbranched alkanes of at least 4 members (excludes halogenated alkanes) is 1. The van der Waals surface area contributed by atoms with Crippen LogP contribution in [0.25, 0.3) is 0 Å². The fourth-order valence-electron chi connectivity index (χ4n) is 8.68. The molecule has 3 aliphatic heterocycles. The second kappa shape index (κ2) is 17.2. The summed E-state index contributed by atoms with van der Waals surface area (Å²) < 4.78 is 49.0. The van der Waals surface area contributed by atoms with E-state index in [2.05, 4.69) is 10.3 Å². The van der Waals surface area contributed by atoms with Gasteiger partial charge in [0.25, 0.3) is 5.67 Å². The van der Waals surface area contributed by atoms with Gasteiger partial charge >= 0.3 is 12.1 Å². The molecule has 1 amide bonds. The molecule has 3 fully saturated rings. The zero-order chi connectivity index (χ0) is 39.5. The van der Waals surface area contributed by atoms with Gasteiger partial charge in [-0.3, -0.25) is 9.59 Å². The van der Waals surface area contributed by atoms with Crippen molar-refractivity contribution in [2.24, 2.45) is 17.8 Å². The van der Waals surface area contributed by atoms with Crippen molar-refractivity contribution >= 4 is 23.6 Å².